The fourth-order valence-electron chi connectivity index (χ4n) is 2.20. The van der Waals surface area contributed by atoms with E-state index in [0.29, 0.717) is 0 Å². The van der Waals surface area contributed by atoms with E-state index >= 15 is 0 Å². The number of benzene rings is 2. The molecule has 25 heavy (non-hydrogen) atoms. The first-order valence-electron chi connectivity index (χ1n) is 7.02. The molecule has 5 nitrogen and oxygen atoms in total. The van der Waals surface area contributed by atoms with Crippen molar-refractivity contribution in [1.82, 2.24) is 0 Å². The average molecular weight is 423 g/mol. The molecule has 0 aliphatic heterocycles. The van der Waals surface area contributed by atoms with Crippen molar-refractivity contribution in [3.8, 4) is 5.75 Å². The summed E-state index contributed by atoms with van der Waals surface area (Å²) in [5.41, 5.74) is 0.178. The van der Waals surface area contributed by atoms with E-state index in [0.717, 1.165) is 4.31 Å². The molecule has 0 saturated carbocycles. The number of carbonyl (C=O) groups excluding carboxylic acids is 1. The molecular weight excluding hydrogens is 409 g/mol. The van der Waals surface area contributed by atoms with Gasteiger partial charge in [0.2, 0.25) is 5.24 Å². The van der Waals surface area contributed by atoms with E-state index in [1.807, 2.05) is 0 Å². The zero-order valence-corrected chi connectivity index (χ0v) is 16.3. The fraction of sp³-hybridized carbons (Fsp3) is 0.188. The molecule has 9 heteroatoms. The van der Waals surface area contributed by atoms with Gasteiger partial charge in [0.15, 0.2) is 0 Å². The van der Waals surface area contributed by atoms with Gasteiger partial charge in [0.05, 0.1) is 27.7 Å². The van der Waals surface area contributed by atoms with Gasteiger partial charge in [-0.15, -0.1) is 0 Å². The number of hydrogen-bond donors (Lipinski definition) is 0. The van der Waals surface area contributed by atoms with E-state index in [1.165, 1.54) is 38.3 Å². The Kier molecular flexibility index (Phi) is 6.21. The molecule has 2 rings (SSSR count). The van der Waals surface area contributed by atoms with E-state index in [1.54, 1.807) is 18.2 Å². The molecule has 0 amide bonds. The van der Waals surface area contributed by atoms with E-state index < -0.39 is 21.3 Å². The van der Waals surface area contributed by atoms with Crippen LogP contribution < -0.4 is 9.04 Å². The number of methoxy groups -OCH3 is 1. The number of rotatable bonds is 6. The number of ether oxygens (including phenoxy) is 1. The molecular formula is C16H14Cl3NO4S. The first kappa shape index (κ1) is 19.8. The third kappa shape index (κ3) is 4.03. The van der Waals surface area contributed by atoms with Crippen LogP contribution in [0.2, 0.25) is 10.0 Å². The Morgan fingerprint density at radius 2 is 1.76 bits per heavy atom. The van der Waals surface area contributed by atoms with Gasteiger partial charge in [0.1, 0.15) is 11.8 Å². The second kappa shape index (κ2) is 7.83. The van der Waals surface area contributed by atoms with Gasteiger partial charge in [-0.05, 0) is 48.9 Å². The van der Waals surface area contributed by atoms with Gasteiger partial charge in [-0.1, -0.05) is 35.3 Å². The van der Waals surface area contributed by atoms with Crippen molar-refractivity contribution < 1.29 is 17.9 Å². The van der Waals surface area contributed by atoms with Crippen molar-refractivity contribution in [2.24, 2.45) is 0 Å². The molecule has 2 aromatic rings. The van der Waals surface area contributed by atoms with Gasteiger partial charge in [-0.2, -0.15) is 0 Å². The Bertz CT molecular complexity index is 902. The molecule has 0 bridgehead atoms. The van der Waals surface area contributed by atoms with Gasteiger partial charge >= 0.3 is 0 Å². The lowest BCUT2D eigenvalue weighted by Gasteiger charge is -2.29. The van der Waals surface area contributed by atoms with Crippen LogP contribution >= 0.6 is 34.8 Å². The minimum atomic E-state index is -4.17. The summed E-state index contributed by atoms with van der Waals surface area (Å²) < 4.78 is 32.5. The molecule has 0 heterocycles. The van der Waals surface area contributed by atoms with Crippen LogP contribution in [0.25, 0.3) is 0 Å². The van der Waals surface area contributed by atoms with Crippen LogP contribution in [0, 0.1) is 0 Å². The summed E-state index contributed by atoms with van der Waals surface area (Å²) in [6.45, 7) is 1.39. The zero-order valence-electron chi connectivity index (χ0n) is 13.2. The molecule has 0 fully saturated rings. The summed E-state index contributed by atoms with van der Waals surface area (Å²) in [6, 6.07) is 9.12. The number of hydrogen-bond acceptors (Lipinski definition) is 4. The van der Waals surface area contributed by atoms with Crippen molar-refractivity contribution in [3.63, 3.8) is 0 Å². The van der Waals surface area contributed by atoms with E-state index in [2.05, 4.69) is 0 Å². The highest BCUT2D eigenvalue weighted by Gasteiger charge is 2.34. The molecule has 0 radical (unpaired) electrons. The molecule has 1 unspecified atom stereocenters. The summed E-state index contributed by atoms with van der Waals surface area (Å²) >= 11 is 17.4. The molecule has 0 aliphatic carbocycles. The predicted octanol–water partition coefficient (Wildman–Crippen LogP) is 4.35. The SMILES string of the molecule is COc1ccccc1N(C(C)C(=O)Cl)S(=O)(=O)c1ccc(Cl)c(Cl)c1. The van der Waals surface area contributed by atoms with Gasteiger partial charge in [0, 0.05) is 0 Å². The minimum absolute atomic E-state index is 0.0765. The lowest BCUT2D eigenvalue weighted by molar-refractivity contribution is -0.112. The number of anilines is 1. The maximum absolute atomic E-state index is 13.2. The number of sulfonamides is 1. The largest absolute Gasteiger partial charge is 0.495 e. The molecule has 0 spiro atoms. The summed E-state index contributed by atoms with van der Waals surface area (Å²) in [5, 5.41) is -0.548. The number of halogens is 3. The third-order valence-corrected chi connectivity index (χ3v) is 6.39. The Morgan fingerprint density at radius 3 is 2.32 bits per heavy atom. The third-order valence-electron chi connectivity index (χ3n) is 3.45. The lowest BCUT2D eigenvalue weighted by Crippen LogP contribution is -2.42. The van der Waals surface area contributed by atoms with Crippen LogP contribution in [0.1, 0.15) is 6.92 Å². The zero-order chi connectivity index (χ0) is 18.8. The first-order valence-corrected chi connectivity index (χ1v) is 9.59. The molecule has 0 N–H and O–H groups in total. The number of nitrogens with zero attached hydrogens (tertiary/aromatic N) is 1. The number of carbonyl (C=O) groups is 1. The van der Waals surface area contributed by atoms with Gasteiger partial charge in [-0.25, -0.2) is 8.42 Å². The Balaban J connectivity index is 2.70. The second-order valence-corrected chi connectivity index (χ2v) is 8.03. The van der Waals surface area contributed by atoms with Crippen molar-refractivity contribution in [2.75, 3.05) is 11.4 Å². The summed E-state index contributed by atoms with van der Waals surface area (Å²) in [7, 11) is -2.77. The Hall–Kier alpha value is -1.47. The first-order chi connectivity index (χ1) is 11.7. The molecule has 0 aromatic heterocycles. The maximum atomic E-state index is 13.2. The van der Waals surface area contributed by atoms with Gasteiger partial charge < -0.3 is 4.74 Å². The van der Waals surface area contributed by atoms with Crippen molar-refractivity contribution >= 4 is 55.8 Å². The Labute approximate surface area is 161 Å². The maximum Gasteiger partial charge on any atom is 0.265 e. The summed E-state index contributed by atoms with van der Waals surface area (Å²) in [6.07, 6.45) is 0. The summed E-state index contributed by atoms with van der Waals surface area (Å²) in [5.74, 6) is 0.274. The van der Waals surface area contributed by atoms with Crippen LogP contribution in [-0.2, 0) is 14.8 Å². The Morgan fingerprint density at radius 1 is 1.12 bits per heavy atom. The van der Waals surface area contributed by atoms with E-state index in [-0.39, 0.29) is 26.4 Å². The van der Waals surface area contributed by atoms with Gasteiger partial charge in [0.25, 0.3) is 10.0 Å². The lowest BCUT2D eigenvalue weighted by atomic mass is 10.2. The predicted molar refractivity (Wildman–Crippen MR) is 99.4 cm³/mol. The topological polar surface area (TPSA) is 63.7 Å². The van der Waals surface area contributed by atoms with E-state index in [9.17, 15) is 13.2 Å². The standard InChI is InChI=1S/C16H14Cl3NO4S/c1-10(16(19)21)20(14-5-3-4-6-15(14)24-2)25(22,23)11-7-8-12(17)13(18)9-11/h3-10H,1-2H3. The minimum Gasteiger partial charge on any atom is -0.495 e. The van der Waals surface area contributed by atoms with Crippen LogP contribution in [0.4, 0.5) is 5.69 Å². The van der Waals surface area contributed by atoms with Crippen molar-refractivity contribution in [1.29, 1.82) is 0 Å². The molecule has 2 aromatic carbocycles. The van der Waals surface area contributed by atoms with Crippen LogP contribution in [0.15, 0.2) is 47.4 Å². The summed E-state index contributed by atoms with van der Waals surface area (Å²) in [4.78, 5) is 11.6. The molecule has 0 saturated heterocycles. The van der Waals surface area contributed by atoms with Crippen molar-refractivity contribution in [3.05, 3.63) is 52.5 Å². The van der Waals surface area contributed by atoms with Crippen LogP contribution in [0.5, 0.6) is 5.75 Å². The van der Waals surface area contributed by atoms with Crippen molar-refractivity contribution in [2.45, 2.75) is 17.9 Å². The average Bonchev–Trinajstić information content (AvgIpc) is 2.57. The van der Waals surface area contributed by atoms with Gasteiger partial charge in [-0.3, -0.25) is 9.10 Å². The molecule has 134 valence electrons. The van der Waals surface area contributed by atoms with Crippen LogP contribution in [0.3, 0.4) is 0 Å². The second-order valence-electron chi connectivity index (χ2n) is 5.03. The van der Waals surface area contributed by atoms with Crippen LogP contribution in [-0.4, -0.2) is 26.8 Å². The highest BCUT2D eigenvalue weighted by molar-refractivity contribution is 7.93. The molecule has 1 atom stereocenters. The number of para-hydroxylation sites is 2. The molecule has 0 aliphatic rings. The smallest absolute Gasteiger partial charge is 0.265 e. The monoisotopic (exact) mass is 421 g/mol. The highest BCUT2D eigenvalue weighted by atomic mass is 35.5. The fourth-order valence-corrected chi connectivity index (χ4v) is 4.38. The highest BCUT2D eigenvalue weighted by Crippen LogP contribution is 2.35. The normalized spacial score (nSPS) is 12.5. The quantitative estimate of drug-likeness (QED) is 0.649. The van der Waals surface area contributed by atoms with E-state index in [4.69, 9.17) is 39.5 Å².